The van der Waals surface area contributed by atoms with Crippen molar-refractivity contribution in [2.24, 2.45) is 0 Å². The maximum absolute atomic E-state index is 13.0. The molecule has 172 valence electrons. The zero-order chi connectivity index (χ0) is 22.3. The number of benzene rings is 2. The minimum absolute atomic E-state index is 0.0748. The molecule has 1 amide bonds. The van der Waals surface area contributed by atoms with Crippen LogP contribution in [0, 0.1) is 0 Å². The quantitative estimate of drug-likeness (QED) is 0.646. The highest BCUT2D eigenvalue weighted by molar-refractivity contribution is 7.99. The molecule has 2 aromatic carbocycles. The summed E-state index contributed by atoms with van der Waals surface area (Å²) in [6.45, 7) is 9.05. The number of hydrogen-bond donors (Lipinski definition) is 1. The van der Waals surface area contributed by atoms with Crippen LogP contribution < -0.4 is 24.6 Å². The smallest absolute Gasteiger partial charge is 0.243 e. The first-order chi connectivity index (χ1) is 15.7. The highest BCUT2D eigenvalue weighted by Gasteiger charge is 2.22. The van der Waals surface area contributed by atoms with Crippen LogP contribution >= 0.6 is 11.8 Å². The van der Waals surface area contributed by atoms with Crippen LogP contribution in [0.2, 0.25) is 0 Å². The van der Waals surface area contributed by atoms with Crippen LogP contribution in [0.15, 0.2) is 41.3 Å². The summed E-state index contributed by atoms with van der Waals surface area (Å²) < 4.78 is 17.3. The van der Waals surface area contributed by atoms with E-state index < -0.39 is 0 Å². The summed E-state index contributed by atoms with van der Waals surface area (Å²) in [5, 5.41) is 3.07. The SMILES string of the molecule is CCOc1cc(N2CCOCC2)c(OCC)cc1NC(=O)CN1CCSc2ccccc21. The summed E-state index contributed by atoms with van der Waals surface area (Å²) in [5.41, 5.74) is 2.72. The van der Waals surface area contributed by atoms with Crippen LogP contribution in [-0.4, -0.2) is 64.3 Å². The summed E-state index contributed by atoms with van der Waals surface area (Å²) in [5.74, 6) is 2.29. The molecule has 2 aliphatic heterocycles. The number of hydrogen-bond acceptors (Lipinski definition) is 7. The van der Waals surface area contributed by atoms with Gasteiger partial charge in [-0.1, -0.05) is 12.1 Å². The van der Waals surface area contributed by atoms with E-state index in [0.717, 1.165) is 42.5 Å². The van der Waals surface area contributed by atoms with Crippen LogP contribution in [-0.2, 0) is 9.53 Å². The van der Waals surface area contributed by atoms with Gasteiger partial charge in [-0.05, 0) is 26.0 Å². The van der Waals surface area contributed by atoms with Gasteiger partial charge in [-0.3, -0.25) is 4.79 Å². The van der Waals surface area contributed by atoms with Gasteiger partial charge in [0.2, 0.25) is 5.91 Å². The Balaban J connectivity index is 1.55. The molecule has 1 N–H and O–H groups in total. The average Bonchev–Trinajstić information content (AvgIpc) is 2.82. The third-order valence-electron chi connectivity index (χ3n) is 5.45. The first-order valence-electron chi connectivity index (χ1n) is 11.2. The summed E-state index contributed by atoms with van der Waals surface area (Å²) in [6.07, 6.45) is 0. The number of rotatable bonds is 8. The van der Waals surface area contributed by atoms with Crippen molar-refractivity contribution in [1.29, 1.82) is 0 Å². The second kappa shape index (κ2) is 10.8. The third kappa shape index (κ3) is 5.24. The van der Waals surface area contributed by atoms with Crippen LogP contribution in [0.1, 0.15) is 13.8 Å². The Kier molecular flexibility index (Phi) is 7.65. The van der Waals surface area contributed by atoms with E-state index in [1.165, 1.54) is 4.90 Å². The molecule has 2 aromatic rings. The Labute approximate surface area is 194 Å². The van der Waals surface area contributed by atoms with E-state index in [0.29, 0.717) is 44.4 Å². The van der Waals surface area contributed by atoms with Crippen molar-refractivity contribution < 1.29 is 19.0 Å². The standard InChI is InChI=1S/C24H31N3O4S/c1-3-30-21-16-20(26-9-12-29-13-10-26)22(31-4-2)15-18(21)25-24(28)17-27-11-14-32-23-8-6-5-7-19(23)27/h5-8,15-16H,3-4,9-14,17H2,1-2H3,(H,25,28). The van der Waals surface area contributed by atoms with Gasteiger partial charge in [0.1, 0.15) is 11.5 Å². The second-order valence-corrected chi connectivity index (χ2v) is 8.70. The van der Waals surface area contributed by atoms with Gasteiger partial charge in [-0.2, -0.15) is 0 Å². The molecule has 1 saturated heterocycles. The van der Waals surface area contributed by atoms with Crippen molar-refractivity contribution in [2.75, 3.05) is 73.5 Å². The minimum atomic E-state index is -0.0748. The number of carbonyl (C=O) groups is 1. The molecular weight excluding hydrogens is 426 g/mol. The Hall–Kier alpha value is -2.58. The fourth-order valence-corrected chi connectivity index (χ4v) is 5.05. The Morgan fingerprint density at radius 2 is 1.78 bits per heavy atom. The fourth-order valence-electron chi connectivity index (χ4n) is 4.00. The molecule has 7 nitrogen and oxygen atoms in total. The highest BCUT2D eigenvalue weighted by atomic mass is 32.2. The van der Waals surface area contributed by atoms with Gasteiger partial charge in [0.05, 0.1) is 50.0 Å². The van der Waals surface area contributed by atoms with Gasteiger partial charge in [0.15, 0.2) is 0 Å². The summed E-state index contributed by atoms with van der Waals surface area (Å²) in [7, 11) is 0. The van der Waals surface area contributed by atoms with Gasteiger partial charge in [-0.15, -0.1) is 11.8 Å². The minimum Gasteiger partial charge on any atom is -0.492 e. The molecule has 8 heteroatoms. The van der Waals surface area contributed by atoms with Crippen LogP contribution in [0.3, 0.4) is 0 Å². The Morgan fingerprint density at radius 3 is 2.56 bits per heavy atom. The van der Waals surface area contributed by atoms with E-state index in [2.05, 4.69) is 27.2 Å². The lowest BCUT2D eigenvalue weighted by Gasteiger charge is -2.31. The fraction of sp³-hybridized carbons (Fsp3) is 0.458. The normalized spacial score (nSPS) is 15.8. The summed E-state index contributed by atoms with van der Waals surface area (Å²) >= 11 is 1.83. The maximum atomic E-state index is 13.0. The van der Waals surface area contributed by atoms with Crippen LogP contribution in [0.4, 0.5) is 17.1 Å². The maximum Gasteiger partial charge on any atom is 0.243 e. The van der Waals surface area contributed by atoms with E-state index >= 15 is 0 Å². The Morgan fingerprint density at radius 1 is 1.03 bits per heavy atom. The highest BCUT2D eigenvalue weighted by Crippen LogP contribution is 2.39. The number of carbonyl (C=O) groups excluding carboxylic acids is 1. The first kappa shape index (κ1) is 22.6. The molecule has 0 bridgehead atoms. The van der Waals surface area contributed by atoms with E-state index in [1.54, 1.807) is 0 Å². The van der Waals surface area contributed by atoms with Gasteiger partial charge < -0.3 is 29.3 Å². The van der Waals surface area contributed by atoms with Crippen molar-refractivity contribution >= 4 is 34.7 Å². The first-order valence-corrected chi connectivity index (χ1v) is 12.2. The molecular formula is C24H31N3O4S. The van der Waals surface area contributed by atoms with E-state index in [1.807, 2.05) is 49.9 Å². The molecule has 0 spiro atoms. The lowest BCUT2D eigenvalue weighted by molar-refractivity contribution is -0.115. The van der Waals surface area contributed by atoms with Gasteiger partial charge in [-0.25, -0.2) is 0 Å². The summed E-state index contributed by atoms with van der Waals surface area (Å²) in [4.78, 5) is 18.6. The predicted molar refractivity (Wildman–Crippen MR) is 130 cm³/mol. The number of thioether (sulfide) groups is 1. The molecule has 1 fully saturated rings. The largest absolute Gasteiger partial charge is 0.492 e. The molecule has 0 aromatic heterocycles. The van der Waals surface area contributed by atoms with Gasteiger partial charge in [0.25, 0.3) is 0 Å². The van der Waals surface area contributed by atoms with E-state index in [-0.39, 0.29) is 5.91 Å². The zero-order valence-corrected chi connectivity index (χ0v) is 19.6. The number of morpholine rings is 1. The third-order valence-corrected chi connectivity index (χ3v) is 6.49. The lowest BCUT2D eigenvalue weighted by atomic mass is 10.2. The van der Waals surface area contributed by atoms with Crippen molar-refractivity contribution in [2.45, 2.75) is 18.7 Å². The van der Waals surface area contributed by atoms with Gasteiger partial charge >= 0.3 is 0 Å². The summed E-state index contributed by atoms with van der Waals surface area (Å²) in [6, 6.07) is 12.1. The number of nitrogens with one attached hydrogen (secondary N) is 1. The Bertz CT molecular complexity index is 933. The van der Waals surface area contributed by atoms with Gasteiger partial charge in [0, 0.05) is 42.4 Å². The van der Waals surface area contributed by atoms with E-state index in [4.69, 9.17) is 14.2 Å². The molecule has 4 rings (SSSR count). The molecule has 0 atom stereocenters. The molecule has 0 radical (unpaired) electrons. The van der Waals surface area contributed by atoms with Crippen LogP contribution in [0.25, 0.3) is 0 Å². The lowest BCUT2D eigenvalue weighted by Crippen LogP contribution is -2.37. The number of para-hydroxylation sites is 1. The van der Waals surface area contributed by atoms with Crippen molar-refractivity contribution in [3.05, 3.63) is 36.4 Å². The number of nitrogens with zero attached hydrogens (tertiary/aromatic N) is 2. The topological polar surface area (TPSA) is 63.3 Å². The second-order valence-electron chi connectivity index (χ2n) is 7.57. The molecule has 2 aliphatic rings. The number of anilines is 3. The molecule has 2 heterocycles. The number of ether oxygens (including phenoxy) is 3. The molecule has 0 aliphatic carbocycles. The average molecular weight is 458 g/mol. The predicted octanol–water partition coefficient (Wildman–Crippen LogP) is 3.87. The van der Waals surface area contributed by atoms with Crippen molar-refractivity contribution in [1.82, 2.24) is 0 Å². The molecule has 0 unspecified atom stereocenters. The zero-order valence-electron chi connectivity index (χ0n) is 18.8. The number of amides is 1. The van der Waals surface area contributed by atoms with Crippen molar-refractivity contribution in [3.63, 3.8) is 0 Å². The van der Waals surface area contributed by atoms with Crippen molar-refractivity contribution in [3.8, 4) is 11.5 Å². The molecule has 32 heavy (non-hydrogen) atoms. The monoisotopic (exact) mass is 457 g/mol. The number of fused-ring (bicyclic) bond motifs is 1. The molecule has 0 saturated carbocycles. The van der Waals surface area contributed by atoms with Crippen LogP contribution in [0.5, 0.6) is 11.5 Å². The van der Waals surface area contributed by atoms with E-state index in [9.17, 15) is 4.79 Å².